The number of carboxylic acids is 1. The van der Waals surface area contributed by atoms with Crippen molar-refractivity contribution in [2.45, 2.75) is 6.42 Å². The lowest BCUT2D eigenvalue weighted by Crippen LogP contribution is -2.25. The second kappa shape index (κ2) is 6.75. The molecule has 0 spiro atoms. The predicted octanol–water partition coefficient (Wildman–Crippen LogP) is 1.99. The monoisotopic (exact) mass is 356 g/mol. The van der Waals surface area contributed by atoms with Gasteiger partial charge in [-0.3, -0.25) is 14.6 Å². The van der Waals surface area contributed by atoms with Crippen molar-refractivity contribution in [3.8, 4) is 17.2 Å². The summed E-state index contributed by atoms with van der Waals surface area (Å²) in [6, 6.07) is 8.71. The van der Waals surface area contributed by atoms with Gasteiger partial charge >= 0.3 is 5.97 Å². The first-order chi connectivity index (χ1) is 12.3. The number of benzene rings is 2. The molecule has 2 aromatic rings. The van der Waals surface area contributed by atoms with Crippen LogP contribution in [0.15, 0.2) is 41.4 Å². The van der Waals surface area contributed by atoms with Gasteiger partial charge < -0.3 is 25.3 Å². The summed E-state index contributed by atoms with van der Waals surface area (Å²) < 4.78 is 0. The topological polar surface area (TPSA) is 131 Å². The van der Waals surface area contributed by atoms with E-state index in [0.29, 0.717) is 11.4 Å². The summed E-state index contributed by atoms with van der Waals surface area (Å²) in [4.78, 5) is 28.5. The van der Waals surface area contributed by atoms with Gasteiger partial charge in [0, 0.05) is 37.0 Å². The van der Waals surface area contributed by atoms with Crippen LogP contribution in [0.3, 0.4) is 0 Å². The normalized spacial score (nSPS) is 17.2. The second-order valence-electron chi connectivity index (χ2n) is 5.92. The Labute approximate surface area is 148 Å². The minimum Gasteiger partial charge on any atom is -0.508 e. The van der Waals surface area contributed by atoms with Crippen molar-refractivity contribution >= 4 is 29.5 Å². The molecule has 0 aliphatic carbocycles. The number of amides is 1. The molecular weight excluding hydrogens is 340 g/mol. The highest BCUT2D eigenvalue weighted by atomic mass is 16.4. The standard InChI is InChI=1S/C18H16N2O6/c21-13-6-15(22)14(16(23)7-13)8-19-11-1-3-12(4-2-11)20-9-10(18(25)26)5-17(20)24/h1-4,6-8,10,21-23H,5,9H2,(H,25,26). The summed E-state index contributed by atoms with van der Waals surface area (Å²) in [6.07, 6.45) is 1.23. The molecule has 26 heavy (non-hydrogen) atoms. The number of phenolic OH excluding ortho intramolecular Hbond substituents is 3. The number of carboxylic acid groups (broad SMARTS) is 1. The van der Waals surface area contributed by atoms with Crippen LogP contribution < -0.4 is 4.90 Å². The molecule has 1 aliphatic rings. The summed E-state index contributed by atoms with van der Waals surface area (Å²) in [5.74, 6) is -2.84. The third-order valence-electron chi connectivity index (χ3n) is 4.10. The molecule has 1 heterocycles. The number of hydrogen-bond donors (Lipinski definition) is 4. The van der Waals surface area contributed by atoms with E-state index in [-0.39, 0.29) is 41.7 Å². The lowest BCUT2D eigenvalue weighted by molar-refractivity contribution is -0.141. The van der Waals surface area contributed by atoms with Crippen molar-refractivity contribution in [2.75, 3.05) is 11.4 Å². The Bertz CT molecular complexity index is 868. The molecule has 1 aliphatic heterocycles. The van der Waals surface area contributed by atoms with Gasteiger partial charge in [-0.25, -0.2) is 0 Å². The molecule has 1 amide bonds. The van der Waals surface area contributed by atoms with Gasteiger partial charge in [0.15, 0.2) is 0 Å². The van der Waals surface area contributed by atoms with Gasteiger partial charge in [-0.1, -0.05) is 0 Å². The van der Waals surface area contributed by atoms with Gasteiger partial charge in [-0.15, -0.1) is 0 Å². The van der Waals surface area contributed by atoms with Crippen molar-refractivity contribution in [2.24, 2.45) is 10.9 Å². The first-order valence-corrected chi connectivity index (χ1v) is 7.77. The summed E-state index contributed by atoms with van der Waals surface area (Å²) >= 11 is 0. The Morgan fingerprint density at radius 3 is 2.27 bits per heavy atom. The van der Waals surface area contributed by atoms with Crippen molar-refractivity contribution < 1.29 is 30.0 Å². The number of carbonyl (C=O) groups is 2. The molecule has 8 nitrogen and oxygen atoms in total. The molecule has 4 N–H and O–H groups in total. The fourth-order valence-electron chi connectivity index (χ4n) is 2.72. The first kappa shape index (κ1) is 17.3. The van der Waals surface area contributed by atoms with E-state index in [9.17, 15) is 24.9 Å². The van der Waals surface area contributed by atoms with Gasteiger partial charge in [-0.05, 0) is 24.3 Å². The van der Waals surface area contributed by atoms with Gasteiger partial charge in [0.2, 0.25) is 5.91 Å². The van der Waals surface area contributed by atoms with Crippen LogP contribution in [0.4, 0.5) is 11.4 Å². The third-order valence-corrected chi connectivity index (χ3v) is 4.10. The maximum absolute atomic E-state index is 11.9. The average Bonchev–Trinajstić information content (AvgIpc) is 2.96. The highest BCUT2D eigenvalue weighted by Crippen LogP contribution is 2.31. The molecule has 1 fully saturated rings. The Balaban J connectivity index is 1.77. The molecular formula is C18H16N2O6. The van der Waals surface area contributed by atoms with E-state index < -0.39 is 11.9 Å². The van der Waals surface area contributed by atoms with E-state index in [1.807, 2.05) is 0 Å². The average molecular weight is 356 g/mol. The van der Waals surface area contributed by atoms with Gasteiger partial charge in [-0.2, -0.15) is 0 Å². The minimum absolute atomic E-state index is 0.0192. The number of aliphatic imine (C=N–C) groups is 1. The molecule has 3 rings (SSSR count). The smallest absolute Gasteiger partial charge is 0.308 e. The zero-order valence-electron chi connectivity index (χ0n) is 13.5. The Hall–Kier alpha value is -3.55. The van der Waals surface area contributed by atoms with Gasteiger partial charge in [0.05, 0.1) is 17.2 Å². The molecule has 0 radical (unpaired) electrons. The predicted molar refractivity (Wildman–Crippen MR) is 93.2 cm³/mol. The third kappa shape index (κ3) is 3.44. The van der Waals surface area contributed by atoms with Crippen LogP contribution in [0, 0.1) is 5.92 Å². The highest BCUT2D eigenvalue weighted by Gasteiger charge is 2.34. The highest BCUT2D eigenvalue weighted by molar-refractivity contribution is 5.99. The van der Waals surface area contributed by atoms with Gasteiger partial charge in [0.25, 0.3) is 0 Å². The molecule has 1 saturated heterocycles. The molecule has 2 aromatic carbocycles. The van der Waals surface area contributed by atoms with Gasteiger partial charge in [0.1, 0.15) is 17.2 Å². The molecule has 134 valence electrons. The summed E-state index contributed by atoms with van der Waals surface area (Å²) in [7, 11) is 0. The Morgan fingerprint density at radius 2 is 1.73 bits per heavy atom. The summed E-state index contributed by atoms with van der Waals surface area (Å²) in [5.41, 5.74) is 1.14. The molecule has 8 heteroatoms. The second-order valence-corrected chi connectivity index (χ2v) is 5.92. The fraction of sp³-hybridized carbons (Fsp3) is 0.167. The largest absolute Gasteiger partial charge is 0.508 e. The van der Waals surface area contributed by atoms with E-state index in [1.54, 1.807) is 24.3 Å². The number of aliphatic carboxylic acids is 1. The number of phenols is 3. The van der Waals surface area contributed by atoms with Crippen LogP contribution in [0.1, 0.15) is 12.0 Å². The lowest BCUT2D eigenvalue weighted by Gasteiger charge is -2.16. The molecule has 0 aromatic heterocycles. The lowest BCUT2D eigenvalue weighted by atomic mass is 10.1. The van der Waals surface area contributed by atoms with E-state index in [0.717, 1.165) is 12.1 Å². The van der Waals surface area contributed by atoms with Crippen LogP contribution >= 0.6 is 0 Å². The molecule has 1 unspecified atom stereocenters. The Morgan fingerprint density at radius 1 is 1.12 bits per heavy atom. The molecule has 1 atom stereocenters. The number of aromatic hydroxyl groups is 3. The molecule has 0 bridgehead atoms. The first-order valence-electron chi connectivity index (χ1n) is 7.77. The van der Waals surface area contributed by atoms with Crippen molar-refractivity contribution in [3.05, 3.63) is 42.0 Å². The maximum Gasteiger partial charge on any atom is 0.308 e. The fourth-order valence-corrected chi connectivity index (χ4v) is 2.72. The van der Waals surface area contributed by atoms with E-state index in [2.05, 4.69) is 4.99 Å². The van der Waals surface area contributed by atoms with Crippen LogP contribution in [0.25, 0.3) is 0 Å². The van der Waals surface area contributed by atoms with Crippen molar-refractivity contribution in [1.29, 1.82) is 0 Å². The molecule has 0 saturated carbocycles. The quantitative estimate of drug-likeness (QED) is 0.620. The zero-order valence-corrected chi connectivity index (χ0v) is 13.5. The number of rotatable bonds is 4. The summed E-state index contributed by atoms with van der Waals surface area (Å²) in [5, 5.41) is 37.8. The van der Waals surface area contributed by atoms with Crippen molar-refractivity contribution in [1.82, 2.24) is 0 Å². The SMILES string of the molecule is O=C(O)C1CC(=O)N(c2ccc(N=Cc3c(O)cc(O)cc3O)cc2)C1. The number of nitrogens with zero attached hydrogens (tertiary/aromatic N) is 2. The van der Waals surface area contributed by atoms with Crippen LogP contribution in [0.2, 0.25) is 0 Å². The maximum atomic E-state index is 11.9. The van der Waals surface area contributed by atoms with Crippen LogP contribution in [0.5, 0.6) is 17.2 Å². The van der Waals surface area contributed by atoms with Crippen LogP contribution in [-0.2, 0) is 9.59 Å². The number of carbonyl (C=O) groups excluding carboxylic acids is 1. The zero-order chi connectivity index (χ0) is 18.8. The Kier molecular flexibility index (Phi) is 4.49. The van der Waals surface area contributed by atoms with Crippen LogP contribution in [-0.4, -0.2) is 45.1 Å². The minimum atomic E-state index is -0.990. The van der Waals surface area contributed by atoms with Crippen molar-refractivity contribution in [3.63, 3.8) is 0 Å². The number of anilines is 1. The van der Waals surface area contributed by atoms with E-state index in [1.165, 1.54) is 11.1 Å². The number of hydrogen-bond acceptors (Lipinski definition) is 6. The van der Waals surface area contributed by atoms with E-state index >= 15 is 0 Å². The summed E-state index contributed by atoms with van der Waals surface area (Å²) in [6.45, 7) is 0.131. The van der Waals surface area contributed by atoms with E-state index in [4.69, 9.17) is 5.11 Å².